The van der Waals surface area contributed by atoms with Crippen molar-refractivity contribution >= 4 is 6.16 Å². The van der Waals surface area contributed by atoms with Gasteiger partial charge in [0, 0.05) is 11.8 Å². The van der Waals surface area contributed by atoms with Gasteiger partial charge in [-0.05, 0) is 18.1 Å². The zero-order valence-electron chi connectivity index (χ0n) is 13.5. The van der Waals surface area contributed by atoms with Crippen molar-refractivity contribution in [1.29, 1.82) is 0 Å². The molecule has 1 aliphatic rings. The van der Waals surface area contributed by atoms with Crippen molar-refractivity contribution in [3.8, 4) is 0 Å². The van der Waals surface area contributed by atoms with Gasteiger partial charge in [0.25, 0.3) is 0 Å². The molecule has 0 bridgehead atoms. The predicted molar refractivity (Wildman–Crippen MR) is 84.4 cm³/mol. The Morgan fingerprint density at radius 2 is 2.00 bits per heavy atom. The van der Waals surface area contributed by atoms with E-state index in [1.54, 1.807) is 0 Å². The van der Waals surface area contributed by atoms with E-state index in [9.17, 15) is 4.79 Å². The first-order chi connectivity index (χ1) is 10.5. The highest BCUT2D eigenvalue weighted by Gasteiger charge is 2.40. The van der Waals surface area contributed by atoms with Gasteiger partial charge in [-0.2, -0.15) is 0 Å². The second-order valence-electron chi connectivity index (χ2n) is 6.05. The molecule has 0 saturated carbocycles. The molecule has 0 spiro atoms. The van der Waals surface area contributed by atoms with Crippen molar-refractivity contribution in [2.24, 2.45) is 11.8 Å². The molecule has 120 valence electrons. The van der Waals surface area contributed by atoms with Crippen LogP contribution in [0.4, 0.5) is 4.79 Å². The Kier molecular flexibility index (Phi) is 5.61. The highest BCUT2D eigenvalue weighted by Crippen LogP contribution is 2.30. The molecule has 1 aromatic carbocycles. The fourth-order valence-corrected chi connectivity index (χ4v) is 2.84. The molecule has 1 aromatic rings. The van der Waals surface area contributed by atoms with Gasteiger partial charge in [0.15, 0.2) is 0 Å². The van der Waals surface area contributed by atoms with Gasteiger partial charge >= 0.3 is 6.16 Å². The predicted octanol–water partition coefficient (Wildman–Crippen LogP) is 3.96. The number of carbonyl (C=O) groups excluding carboxylic acids is 1. The summed E-state index contributed by atoms with van der Waals surface area (Å²) in [6, 6.07) is 10.0. The summed E-state index contributed by atoms with van der Waals surface area (Å²) >= 11 is 0. The van der Waals surface area contributed by atoms with Crippen molar-refractivity contribution in [3.63, 3.8) is 0 Å². The summed E-state index contributed by atoms with van der Waals surface area (Å²) < 4.78 is 16.3. The molecule has 1 aliphatic heterocycles. The Balaban J connectivity index is 1.89. The van der Waals surface area contributed by atoms with Crippen molar-refractivity contribution in [1.82, 2.24) is 0 Å². The normalized spacial score (nSPS) is 26.0. The number of ether oxygens (including phenoxy) is 3. The largest absolute Gasteiger partial charge is 0.509 e. The van der Waals surface area contributed by atoms with Crippen LogP contribution in [0.15, 0.2) is 42.5 Å². The lowest BCUT2D eigenvalue weighted by Gasteiger charge is -2.38. The van der Waals surface area contributed by atoms with E-state index in [0.29, 0.717) is 13.2 Å². The Morgan fingerprint density at radius 1 is 1.32 bits per heavy atom. The first kappa shape index (κ1) is 16.6. The van der Waals surface area contributed by atoms with Gasteiger partial charge in [-0.25, -0.2) is 4.79 Å². The molecule has 4 nitrogen and oxygen atoms in total. The van der Waals surface area contributed by atoms with Gasteiger partial charge in [-0.1, -0.05) is 50.8 Å². The van der Waals surface area contributed by atoms with E-state index in [2.05, 4.69) is 6.58 Å². The first-order valence-electron chi connectivity index (χ1n) is 7.63. The van der Waals surface area contributed by atoms with Crippen LogP contribution in [0.2, 0.25) is 0 Å². The molecule has 0 amide bonds. The second kappa shape index (κ2) is 7.45. The lowest BCUT2D eigenvalue weighted by Crippen LogP contribution is -2.46. The van der Waals surface area contributed by atoms with Crippen LogP contribution < -0.4 is 0 Å². The van der Waals surface area contributed by atoms with Gasteiger partial charge in [-0.15, -0.1) is 0 Å². The molecule has 4 heteroatoms. The van der Waals surface area contributed by atoms with E-state index in [-0.39, 0.29) is 24.0 Å². The Hall–Kier alpha value is -1.81. The number of hydrogen-bond donors (Lipinski definition) is 0. The summed E-state index contributed by atoms with van der Waals surface area (Å²) in [4.78, 5) is 11.6. The molecule has 0 aliphatic carbocycles. The third-order valence-corrected chi connectivity index (χ3v) is 3.99. The van der Waals surface area contributed by atoms with Crippen molar-refractivity contribution in [3.05, 3.63) is 48.0 Å². The van der Waals surface area contributed by atoms with E-state index >= 15 is 0 Å². The molecule has 1 fully saturated rings. The molecule has 0 aromatic heterocycles. The van der Waals surface area contributed by atoms with E-state index in [4.69, 9.17) is 14.2 Å². The minimum Gasteiger partial charge on any atom is -0.430 e. The topological polar surface area (TPSA) is 44.8 Å². The standard InChI is InChI=1S/C18H24O4/c1-12(2)16-14(4)17(22-18(19)21-16)13(3)10-20-11-15-8-6-5-7-9-15/h5-9,13-14,16-17H,1,10-11H2,2-4H3/t13-,14+,16-,17+/m1/s1. The maximum absolute atomic E-state index is 11.6. The van der Waals surface area contributed by atoms with Crippen molar-refractivity contribution < 1.29 is 19.0 Å². The van der Waals surface area contributed by atoms with Crippen LogP contribution in [0.3, 0.4) is 0 Å². The Bertz CT molecular complexity index is 511. The number of benzene rings is 1. The molecule has 22 heavy (non-hydrogen) atoms. The summed E-state index contributed by atoms with van der Waals surface area (Å²) in [7, 11) is 0. The van der Waals surface area contributed by atoms with E-state index in [0.717, 1.165) is 11.1 Å². The van der Waals surface area contributed by atoms with Crippen molar-refractivity contribution in [2.75, 3.05) is 6.61 Å². The Labute approximate surface area is 132 Å². The van der Waals surface area contributed by atoms with Gasteiger partial charge in [0.2, 0.25) is 0 Å². The molecule has 1 saturated heterocycles. The van der Waals surface area contributed by atoms with E-state index in [1.807, 2.05) is 51.1 Å². The van der Waals surface area contributed by atoms with Crippen LogP contribution in [0, 0.1) is 11.8 Å². The fourth-order valence-electron chi connectivity index (χ4n) is 2.84. The molecular weight excluding hydrogens is 280 g/mol. The van der Waals surface area contributed by atoms with Crippen LogP contribution in [-0.4, -0.2) is 25.0 Å². The maximum atomic E-state index is 11.6. The zero-order chi connectivity index (χ0) is 16.1. The first-order valence-corrected chi connectivity index (χ1v) is 7.63. The summed E-state index contributed by atoms with van der Waals surface area (Å²) in [5.41, 5.74) is 1.97. The number of hydrogen-bond acceptors (Lipinski definition) is 4. The quantitative estimate of drug-likeness (QED) is 0.589. The van der Waals surface area contributed by atoms with Crippen LogP contribution in [0.25, 0.3) is 0 Å². The summed E-state index contributed by atoms with van der Waals surface area (Å²) in [5.74, 6) is 0.152. The zero-order valence-corrected chi connectivity index (χ0v) is 13.5. The third-order valence-electron chi connectivity index (χ3n) is 3.99. The Morgan fingerprint density at radius 3 is 2.64 bits per heavy atom. The van der Waals surface area contributed by atoms with Gasteiger partial charge in [0.1, 0.15) is 12.2 Å². The highest BCUT2D eigenvalue weighted by molar-refractivity contribution is 5.62. The van der Waals surface area contributed by atoms with Gasteiger partial charge < -0.3 is 14.2 Å². The molecule has 0 N–H and O–H groups in total. The van der Waals surface area contributed by atoms with Crippen LogP contribution in [0.5, 0.6) is 0 Å². The molecule has 2 rings (SSSR count). The molecule has 0 unspecified atom stereocenters. The molecule has 1 heterocycles. The van der Waals surface area contributed by atoms with Crippen LogP contribution in [-0.2, 0) is 20.8 Å². The third kappa shape index (κ3) is 4.10. The smallest absolute Gasteiger partial charge is 0.430 e. The average molecular weight is 304 g/mol. The van der Waals surface area contributed by atoms with Crippen molar-refractivity contribution in [2.45, 2.75) is 39.6 Å². The maximum Gasteiger partial charge on any atom is 0.509 e. The lowest BCUT2D eigenvalue weighted by atomic mass is 9.86. The minimum atomic E-state index is -0.619. The molecular formula is C18H24O4. The number of rotatable bonds is 6. The minimum absolute atomic E-state index is 0.0607. The lowest BCUT2D eigenvalue weighted by molar-refractivity contribution is -0.110. The monoisotopic (exact) mass is 304 g/mol. The number of carbonyl (C=O) groups is 1. The second-order valence-corrected chi connectivity index (χ2v) is 6.05. The van der Waals surface area contributed by atoms with Crippen LogP contribution in [0.1, 0.15) is 26.3 Å². The number of cyclic esters (lactones) is 2. The summed E-state index contributed by atoms with van der Waals surface area (Å²) in [6.45, 7) is 10.9. The fraction of sp³-hybridized carbons (Fsp3) is 0.500. The van der Waals surface area contributed by atoms with E-state index in [1.165, 1.54) is 0 Å². The molecule has 0 radical (unpaired) electrons. The van der Waals surface area contributed by atoms with Crippen LogP contribution >= 0.6 is 0 Å². The summed E-state index contributed by atoms with van der Waals surface area (Å²) in [6.07, 6.45) is -1.13. The highest BCUT2D eigenvalue weighted by atomic mass is 16.7. The SMILES string of the molecule is C=C(C)[C@H]1OC(=O)O[C@@H]([C@H](C)COCc2ccccc2)[C@H]1C. The average Bonchev–Trinajstić information content (AvgIpc) is 2.50. The molecule has 4 atom stereocenters. The summed E-state index contributed by atoms with van der Waals surface area (Å²) in [5, 5.41) is 0. The van der Waals surface area contributed by atoms with Gasteiger partial charge in [-0.3, -0.25) is 0 Å². The van der Waals surface area contributed by atoms with Gasteiger partial charge in [0.05, 0.1) is 13.2 Å². The van der Waals surface area contributed by atoms with E-state index < -0.39 is 6.16 Å².